The van der Waals surface area contributed by atoms with Crippen LogP contribution in [-0.4, -0.2) is 18.7 Å². The van der Waals surface area contributed by atoms with Gasteiger partial charge in [0, 0.05) is 11.3 Å². The molecule has 3 rings (SSSR count). The van der Waals surface area contributed by atoms with Gasteiger partial charge in [0.25, 0.3) is 5.91 Å². The maximum Gasteiger partial charge on any atom is 0.259 e. The van der Waals surface area contributed by atoms with Gasteiger partial charge in [-0.3, -0.25) is 4.79 Å². The number of amides is 1. The maximum atomic E-state index is 13.4. The van der Waals surface area contributed by atoms with Crippen molar-refractivity contribution < 1.29 is 9.18 Å². The molecular formula is C19H16FN3O. The molecule has 4 nitrogen and oxygen atoms in total. The lowest BCUT2D eigenvalue weighted by Gasteiger charge is -2.06. The molecule has 0 aliphatic heterocycles. The van der Waals surface area contributed by atoms with E-state index in [0.29, 0.717) is 5.56 Å². The zero-order chi connectivity index (χ0) is 16.8. The predicted molar refractivity (Wildman–Crippen MR) is 94.6 cm³/mol. The molecule has 2 N–H and O–H groups in total. The highest BCUT2D eigenvalue weighted by Gasteiger charge is 2.01. The second-order valence-electron chi connectivity index (χ2n) is 5.23. The Morgan fingerprint density at radius 2 is 1.75 bits per heavy atom. The number of halogens is 1. The predicted octanol–water partition coefficient (Wildman–Crippen LogP) is 3.54. The van der Waals surface area contributed by atoms with Gasteiger partial charge in [-0.05, 0) is 29.0 Å². The molecule has 0 heterocycles. The third kappa shape index (κ3) is 3.95. The summed E-state index contributed by atoms with van der Waals surface area (Å²) in [7, 11) is 0. The third-order valence-corrected chi connectivity index (χ3v) is 3.50. The van der Waals surface area contributed by atoms with Crippen LogP contribution in [0.2, 0.25) is 0 Å². The SMILES string of the molecule is O=C(CNc1ccc2ccccc2c1)NN=Cc1ccccc1F. The molecule has 0 spiro atoms. The summed E-state index contributed by atoms with van der Waals surface area (Å²) in [5, 5.41) is 9.04. The summed E-state index contributed by atoms with van der Waals surface area (Å²) in [4.78, 5) is 11.8. The van der Waals surface area contributed by atoms with E-state index in [2.05, 4.69) is 15.8 Å². The summed E-state index contributed by atoms with van der Waals surface area (Å²) in [5.74, 6) is -0.694. The van der Waals surface area contributed by atoms with E-state index in [1.807, 2.05) is 42.5 Å². The molecule has 0 bridgehead atoms. The first kappa shape index (κ1) is 15.7. The first-order valence-corrected chi connectivity index (χ1v) is 7.51. The molecule has 0 atom stereocenters. The van der Waals surface area contributed by atoms with Crippen LogP contribution >= 0.6 is 0 Å². The number of anilines is 1. The minimum Gasteiger partial charge on any atom is -0.376 e. The van der Waals surface area contributed by atoms with Gasteiger partial charge in [0.15, 0.2) is 0 Å². The Balaban J connectivity index is 1.54. The van der Waals surface area contributed by atoms with Gasteiger partial charge in [-0.25, -0.2) is 9.82 Å². The zero-order valence-electron chi connectivity index (χ0n) is 12.9. The first-order valence-electron chi connectivity index (χ1n) is 7.51. The molecule has 5 heteroatoms. The van der Waals surface area contributed by atoms with E-state index in [9.17, 15) is 9.18 Å². The average Bonchev–Trinajstić information content (AvgIpc) is 2.61. The lowest BCUT2D eigenvalue weighted by atomic mass is 10.1. The number of fused-ring (bicyclic) bond motifs is 1. The fourth-order valence-corrected chi connectivity index (χ4v) is 2.27. The van der Waals surface area contributed by atoms with Crippen molar-refractivity contribution in [3.05, 3.63) is 78.1 Å². The minimum atomic E-state index is -0.384. The lowest BCUT2D eigenvalue weighted by Crippen LogP contribution is -2.25. The van der Waals surface area contributed by atoms with Gasteiger partial charge in [-0.2, -0.15) is 5.10 Å². The van der Waals surface area contributed by atoms with Gasteiger partial charge in [0.1, 0.15) is 5.82 Å². The van der Waals surface area contributed by atoms with Crippen molar-refractivity contribution in [1.82, 2.24) is 5.43 Å². The molecule has 0 fully saturated rings. The molecule has 0 radical (unpaired) electrons. The Morgan fingerprint density at radius 3 is 2.58 bits per heavy atom. The molecule has 0 aromatic heterocycles. The summed E-state index contributed by atoms with van der Waals surface area (Å²) >= 11 is 0. The van der Waals surface area contributed by atoms with Crippen molar-refractivity contribution >= 4 is 28.6 Å². The monoisotopic (exact) mass is 321 g/mol. The van der Waals surface area contributed by atoms with Crippen LogP contribution in [-0.2, 0) is 4.79 Å². The van der Waals surface area contributed by atoms with Crippen molar-refractivity contribution in [2.24, 2.45) is 5.10 Å². The van der Waals surface area contributed by atoms with E-state index >= 15 is 0 Å². The molecule has 1 amide bonds. The van der Waals surface area contributed by atoms with E-state index in [1.165, 1.54) is 12.3 Å². The third-order valence-electron chi connectivity index (χ3n) is 3.50. The van der Waals surface area contributed by atoms with Gasteiger partial charge in [0.2, 0.25) is 0 Å². The molecule has 0 unspecified atom stereocenters. The topological polar surface area (TPSA) is 53.5 Å². The number of rotatable bonds is 5. The van der Waals surface area contributed by atoms with Crippen molar-refractivity contribution in [3.63, 3.8) is 0 Å². The molecule has 3 aromatic carbocycles. The van der Waals surface area contributed by atoms with Gasteiger partial charge in [-0.1, -0.05) is 48.5 Å². The minimum absolute atomic E-state index is 0.0763. The highest BCUT2D eigenvalue weighted by atomic mass is 19.1. The largest absolute Gasteiger partial charge is 0.376 e. The summed E-state index contributed by atoms with van der Waals surface area (Å²) in [6.07, 6.45) is 1.28. The molecule has 0 saturated carbocycles. The fourth-order valence-electron chi connectivity index (χ4n) is 2.27. The smallest absolute Gasteiger partial charge is 0.259 e. The van der Waals surface area contributed by atoms with Crippen molar-refractivity contribution in [2.45, 2.75) is 0 Å². The second kappa shape index (κ2) is 7.37. The number of hydrogen-bond donors (Lipinski definition) is 2. The summed E-state index contributed by atoms with van der Waals surface area (Å²) in [6, 6.07) is 20.1. The Bertz CT molecular complexity index is 892. The summed E-state index contributed by atoms with van der Waals surface area (Å²) in [5.41, 5.74) is 3.54. The number of hydrazone groups is 1. The standard InChI is InChI=1S/C19H16FN3O/c20-18-8-4-3-7-16(18)12-22-23-19(24)13-21-17-10-9-14-5-1-2-6-15(14)11-17/h1-12,21H,13H2,(H,23,24). The van der Waals surface area contributed by atoms with Gasteiger partial charge >= 0.3 is 0 Å². The van der Waals surface area contributed by atoms with Crippen molar-refractivity contribution in [2.75, 3.05) is 11.9 Å². The summed E-state index contributed by atoms with van der Waals surface area (Å²) < 4.78 is 13.4. The van der Waals surface area contributed by atoms with E-state index in [1.54, 1.807) is 18.2 Å². The average molecular weight is 321 g/mol. The molecule has 3 aromatic rings. The number of carbonyl (C=O) groups excluding carboxylic acids is 1. The van der Waals surface area contributed by atoms with Crippen LogP contribution in [0.3, 0.4) is 0 Å². The Hall–Kier alpha value is -3.21. The van der Waals surface area contributed by atoms with Crippen molar-refractivity contribution in [3.8, 4) is 0 Å². The molecule has 24 heavy (non-hydrogen) atoms. The fraction of sp³-hybridized carbons (Fsp3) is 0.0526. The zero-order valence-corrected chi connectivity index (χ0v) is 12.9. The molecule has 0 aliphatic carbocycles. The van der Waals surface area contributed by atoms with Gasteiger partial charge in [0.05, 0.1) is 12.8 Å². The molecule has 120 valence electrons. The van der Waals surface area contributed by atoms with Crippen LogP contribution in [0.25, 0.3) is 10.8 Å². The van der Waals surface area contributed by atoms with Gasteiger partial charge < -0.3 is 5.32 Å². The Morgan fingerprint density at radius 1 is 1.00 bits per heavy atom. The van der Waals surface area contributed by atoms with Crippen LogP contribution in [0.15, 0.2) is 71.8 Å². The van der Waals surface area contributed by atoms with Crippen LogP contribution in [0.5, 0.6) is 0 Å². The maximum absolute atomic E-state index is 13.4. The number of nitrogens with zero attached hydrogens (tertiary/aromatic N) is 1. The normalized spacial score (nSPS) is 10.9. The number of nitrogens with one attached hydrogen (secondary N) is 2. The van der Waals surface area contributed by atoms with Gasteiger partial charge in [-0.15, -0.1) is 0 Å². The molecule has 0 saturated heterocycles. The number of carbonyl (C=O) groups is 1. The van der Waals surface area contributed by atoms with Crippen LogP contribution < -0.4 is 10.7 Å². The van der Waals surface area contributed by atoms with Crippen molar-refractivity contribution in [1.29, 1.82) is 0 Å². The van der Waals surface area contributed by atoms with E-state index in [-0.39, 0.29) is 18.3 Å². The first-order chi connectivity index (χ1) is 11.7. The Labute approximate surface area is 139 Å². The van der Waals surface area contributed by atoms with Crippen LogP contribution in [0.1, 0.15) is 5.56 Å². The number of hydrogen-bond acceptors (Lipinski definition) is 3. The lowest BCUT2D eigenvalue weighted by molar-refractivity contribution is -0.119. The number of benzene rings is 3. The highest BCUT2D eigenvalue weighted by molar-refractivity contribution is 5.87. The quantitative estimate of drug-likeness (QED) is 0.558. The highest BCUT2D eigenvalue weighted by Crippen LogP contribution is 2.18. The van der Waals surface area contributed by atoms with E-state index < -0.39 is 0 Å². The molecule has 0 aliphatic rings. The second-order valence-corrected chi connectivity index (χ2v) is 5.23. The Kier molecular flexibility index (Phi) is 4.81. The summed E-state index contributed by atoms with van der Waals surface area (Å²) in [6.45, 7) is 0.0763. The van der Waals surface area contributed by atoms with E-state index in [4.69, 9.17) is 0 Å². The van der Waals surface area contributed by atoms with Crippen LogP contribution in [0.4, 0.5) is 10.1 Å². The van der Waals surface area contributed by atoms with E-state index in [0.717, 1.165) is 16.5 Å². The van der Waals surface area contributed by atoms with Crippen LogP contribution in [0, 0.1) is 5.82 Å². The molecular weight excluding hydrogens is 305 g/mol.